The van der Waals surface area contributed by atoms with Crippen LogP contribution in [-0.2, 0) is 9.84 Å². The van der Waals surface area contributed by atoms with Crippen LogP contribution < -0.4 is 4.74 Å². The van der Waals surface area contributed by atoms with Gasteiger partial charge < -0.3 is 14.5 Å². The number of pyridine rings is 1. The van der Waals surface area contributed by atoms with Crippen LogP contribution in [0.15, 0.2) is 30.3 Å². The predicted octanol–water partition coefficient (Wildman–Crippen LogP) is 2.21. The lowest BCUT2D eigenvalue weighted by Gasteiger charge is -2.30. The zero-order valence-corrected chi connectivity index (χ0v) is 18.1. The highest BCUT2D eigenvalue weighted by atomic mass is 32.2. The molecule has 1 aromatic heterocycles. The Morgan fingerprint density at radius 1 is 1.21 bits per heavy atom. The van der Waals surface area contributed by atoms with Gasteiger partial charge in [-0.05, 0) is 37.0 Å². The molecule has 7 nitrogen and oxygen atoms in total. The molecule has 1 atom stereocenters. The van der Waals surface area contributed by atoms with E-state index in [1.165, 1.54) is 7.11 Å². The Morgan fingerprint density at radius 3 is 2.55 bits per heavy atom. The van der Waals surface area contributed by atoms with Crippen molar-refractivity contribution < 1.29 is 17.9 Å². The van der Waals surface area contributed by atoms with Crippen LogP contribution in [0.2, 0.25) is 0 Å². The fraction of sp³-hybridized carbons (Fsp3) is 0.524. The van der Waals surface area contributed by atoms with E-state index in [9.17, 15) is 13.2 Å². The standard InChI is InChI=1S/C21H29N3O4S/c1-4-23(5-2)11-12-24(17-10-13-29(26,27)15-17)21(25)19-14-16-8-6-7-9-18(16)20(22-19)28-3/h6-9,14,17H,4-5,10-13,15H2,1-3H3. The molecule has 0 saturated carbocycles. The molecule has 3 rings (SSSR count). The Kier molecular flexibility index (Phi) is 6.74. The molecule has 1 saturated heterocycles. The molecule has 1 amide bonds. The normalized spacial score (nSPS) is 18.3. The van der Waals surface area contributed by atoms with Gasteiger partial charge in [-0.2, -0.15) is 0 Å². The smallest absolute Gasteiger partial charge is 0.272 e. The number of hydrogen-bond donors (Lipinski definition) is 0. The van der Waals surface area contributed by atoms with Crippen LogP contribution in [0.5, 0.6) is 5.88 Å². The molecule has 0 radical (unpaired) electrons. The van der Waals surface area contributed by atoms with Crippen LogP contribution in [-0.4, -0.2) is 79.9 Å². The maximum atomic E-state index is 13.4. The Labute approximate surface area is 172 Å². The van der Waals surface area contributed by atoms with Gasteiger partial charge in [0.25, 0.3) is 5.91 Å². The van der Waals surface area contributed by atoms with Gasteiger partial charge in [0.1, 0.15) is 5.69 Å². The lowest BCUT2D eigenvalue weighted by molar-refractivity contribution is 0.0667. The van der Waals surface area contributed by atoms with Crippen molar-refractivity contribution in [2.24, 2.45) is 0 Å². The number of methoxy groups -OCH3 is 1. The molecule has 2 heterocycles. The van der Waals surface area contributed by atoms with E-state index in [0.29, 0.717) is 25.4 Å². The molecule has 1 aromatic carbocycles. The summed E-state index contributed by atoms with van der Waals surface area (Å²) in [4.78, 5) is 21.8. The lowest BCUT2D eigenvalue weighted by Crippen LogP contribution is -2.45. The minimum Gasteiger partial charge on any atom is -0.481 e. The second kappa shape index (κ2) is 9.09. The molecule has 1 aliphatic heterocycles. The highest BCUT2D eigenvalue weighted by molar-refractivity contribution is 7.91. The van der Waals surface area contributed by atoms with E-state index in [1.807, 2.05) is 24.3 Å². The van der Waals surface area contributed by atoms with Crippen molar-refractivity contribution in [1.29, 1.82) is 0 Å². The quantitative estimate of drug-likeness (QED) is 0.653. The van der Waals surface area contributed by atoms with E-state index in [1.54, 1.807) is 11.0 Å². The van der Waals surface area contributed by atoms with Crippen molar-refractivity contribution >= 4 is 26.5 Å². The maximum Gasteiger partial charge on any atom is 0.272 e. The van der Waals surface area contributed by atoms with E-state index < -0.39 is 9.84 Å². The van der Waals surface area contributed by atoms with E-state index in [2.05, 4.69) is 23.7 Å². The summed E-state index contributed by atoms with van der Waals surface area (Å²) in [5.74, 6) is 0.292. The number of fused-ring (bicyclic) bond motifs is 1. The van der Waals surface area contributed by atoms with Crippen molar-refractivity contribution in [1.82, 2.24) is 14.8 Å². The lowest BCUT2D eigenvalue weighted by atomic mass is 10.1. The van der Waals surface area contributed by atoms with E-state index in [0.717, 1.165) is 23.9 Å². The number of rotatable bonds is 8. The van der Waals surface area contributed by atoms with Crippen LogP contribution in [0, 0.1) is 0 Å². The van der Waals surface area contributed by atoms with Gasteiger partial charge in [-0.3, -0.25) is 4.79 Å². The summed E-state index contributed by atoms with van der Waals surface area (Å²) in [7, 11) is -1.57. The zero-order chi connectivity index (χ0) is 21.0. The maximum absolute atomic E-state index is 13.4. The second-order valence-corrected chi connectivity index (χ2v) is 9.55. The van der Waals surface area contributed by atoms with Crippen LogP contribution in [0.1, 0.15) is 30.8 Å². The Morgan fingerprint density at radius 2 is 1.93 bits per heavy atom. The number of nitrogens with zero attached hydrogens (tertiary/aromatic N) is 3. The summed E-state index contributed by atoms with van der Waals surface area (Å²) in [6.07, 6.45) is 0.469. The first-order valence-electron chi connectivity index (χ1n) is 10.1. The average molecular weight is 420 g/mol. The predicted molar refractivity (Wildman–Crippen MR) is 114 cm³/mol. The monoisotopic (exact) mass is 419 g/mol. The molecule has 0 spiro atoms. The summed E-state index contributed by atoms with van der Waals surface area (Å²) in [6, 6.07) is 9.05. The summed E-state index contributed by atoms with van der Waals surface area (Å²) in [6.45, 7) is 7.07. The number of hydrogen-bond acceptors (Lipinski definition) is 6. The van der Waals surface area contributed by atoms with Gasteiger partial charge >= 0.3 is 0 Å². The number of ether oxygens (including phenoxy) is 1. The van der Waals surface area contributed by atoms with Gasteiger partial charge in [-0.25, -0.2) is 13.4 Å². The number of sulfone groups is 1. The summed E-state index contributed by atoms with van der Waals surface area (Å²) in [5.41, 5.74) is 0.282. The zero-order valence-electron chi connectivity index (χ0n) is 17.3. The van der Waals surface area contributed by atoms with Crippen molar-refractivity contribution in [3.8, 4) is 5.88 Å². The largest absolute Gasteiger partial charge is 0.481 e. The second-order valence-electron chi connectivity index (χ2n) is 7.32. The Bertz CT molecular complexity index is 973. The van der Waals surface area contributed by atoms with Gasteiger partial charge in [-0.15, -0.1) is 0 Å². The fourth-order valence-corrected chi connectivity index (χ4v) is 5.57. The summed E-state index contributed by atoms with van der Waals surface area (Å²) in [5, 5.41) is 1.70. The molecule has 1 unspecified atom stereocenters. The van der Waals surface area contributed by atoms with E-state index in [4.69, 9.17) is 4.74 Å². The molecular weight excluding hydrogens is 390 g/mol. The van der Waals surface area contributed by atoms with Gasteiger partial charge in [0.2, 0.25) is 5.88 Å². The molecule has 2 aromatic rings. The van der Waals surface area contributed by atoms with Crippen molar-refractivity contribution in [2.75, 3.05) is 44.8 Å². The first-order chi connectivity index (χ1) is 13.9. The first-order valence-corrected chi connectivity index (χ1v) is 11.9. The van der Waals surface area contributed by atoms with Gasteiger partial charge in [-0.1, -0.05) is 32.0 Å². The van der Waals surface area contributed by atoms with Crippen LogP contribution in [0.3, 0.4) is 0 Å². The van der Waals surface area contributed by atoms with Crippen molar-refractivity contribution in [3.63, 3.8) is 0 Å². The molecule has 0 aliphatic carbocycles. The number of likely N-dealkylation sites (N-methyl/N-ethyl adjacent to an activating group) is 1. The van der Waals surface area contributed by atoms with Crippen LogP contribution >= 0.6 is 0 Å². The number of amides is 1. The highest BCUT2D eigenvalue weighted by Gasteiger charge is 2.35. The molecular formula is C21H29N3O4S. The minimum atomic E-state index is -3.11. The third-order valence-corrected chi connectivity index (χ3v) is 7.33. The molecule has 0 N–H and O–H groups in total. The Balaban J connectivity index is 1.94. The highest BCUT2D eigenvalue weighted by Crippen LogP contribution is 2.26. The molecule has 8 heteroatoms. The number of benzene rings is 1. The summed E-state index contributed by atoms with van der Waals surface area (Å²) < 4.78 is 29.5. The SMILES string of the molecule is CCN(CC)CCN(C(=O)c1cc2ccccc2c(OC)n1)C1CCS(=O)(=O)C1. The molecule has 158 valence electrons. The minimum absolute atomic E-state index is 0.0156. The van der Waals surface area contributed by atoms with Crippen molar-refractivity contribution in [3.05, 3.63) is 36.0 Å². The third kappa shape index (κ3) is 4.87. The van der Waals surface area contributed by atoms with E-state index >= 15 is 0 Å². The number of carbonyl (C=O) groups excluding carboxylic acids is 1. The molecule has 1 aliphatic rings. The molecule has 0 bridgehead atoms. The van der Waals surface area contributed by atoms with Gasteiger partial charge in [0.05, 0.1) is 18.6 Å². The molecule has 29 heavy (non-hydrogen) atoms. The van der Waals surface area contributed by atoms with Crippen molar-refractivity contribution in [2.45, 2.75) is 26.3 Å². The molecule has 1 fully saturated rings. The average Bonchev–Trinajstić information content (AvgIpc) is 3.09. The topological polar surface area (TPSA) is 79.8 Å². The number of aromatic nitrogens is 1. The van der Waals surface area contributed by atoms with Crippen LogP contribution in [0.4, 0.5) is 0 Å². The van der Waals surface area contributed by atoms with Gasteiger partial charge in [0.15, 0.2) is 9.84 Å². The summed E-state index contributed by atoms with van der Waals surface area (Å²) >= 11 is 0. The van der Waals surface area contributed by atoms with E-state index in [-0.39, 0.29) is 29.1 Å². The first kappa shape index (κ1) is 21.5. The Hall–Kier alpha value is -2.19. The van der Waals surface area contributed by atoms with Crippen LogP contribution in [0.25, 0.3) is 10.8 Å². The third-order valence-electron chi connectivity index (χ3n) is 5.58. The fourth-order valence-electron chi connectivity index (χ4n) is 3.84. The van der Waals surface area contributed by atoms with Gasteiger partial charge in [0, 0.05) is 24.5 Å². The number of carbonyl (C=O) groups is 1.